The molecule has 0 aliphatic heterocycles. The summed E-state index contributed by atoms with van der Waals surface area (Å²) in [7, 11) is 0. The molecule has 1 heterocycles. The molecule has 3 heteroatoms. The molecule has 0 atom stereocenters. The van der Waals surface area contributed by atoms with E-state index in [0.717, 1.165) is 29.3 Å². The van der Waals surface area contributed by atoms with Crippen molar-refractivity contribution in [1.29, 1.82) is 0 Å². The molecule has 1 rings (SSSR count). The lowest BCUT2D eigenvalue weighted by Crippen LogP contribution is -2.27. The van der Waals surface area contributed by atoms with E-state index in [2.05, 4.69) is 43.0 Å². The Morgan fingerprint density at radius 2 is 1.88 bits per heavy atom. The van der Waals surface area contributed by atoms with Crippen LogP contribution in [0.5, 0.6) is 0 Å². The molecule has 0 aromatic carbocycles. The number of nitrogens with one attached hydrogen (secondary N) is 1. The third-order valence-electron chi connectivity index (χ3n) is 2.33. The maximum atomic E-state index is 4.67. The molecule has 1 aromatic heterocycles. The minimum absolute atomic E-state index is 0.00651. The molecule has 94 valence electrons. The van der Waals surface area contributed by atoms with Gasteiger partial charge in [-0.3, -0.25) is 0 Å². The number of allylic oxidation sites excluding steroid dienone is 1. The fourth-order valence-electron chi connectivity index (χ4n) is 1.60. The number of aryl methyl sites for hydroxylation is 2. The van der Waals surface area contributed by atoms with Crippen LogP contribution in [0.15, 0.2) is 6.08 Å². The molecule has 17 heavy (non-hydrogen) atoms. The summed E-state index contributed by atoms with van der Waals surface area (Å²) >= 11 is 0. The van der Waals surface area contributed by atoms with Gasteiger partial charge in [0, 0.05) is 5.54 Å². The van der Waals surface area contributed by atoms with E-state index in [1.807, 2.05) is 26.0 Å². The topological polar surface area (TPSA) is 37.8 Å². The molecule has 0 fully saturated rings. The van der Waals surface area contributed by atoms with Crippen molar-refractivity contribution in [2.24, 2.45) is 0 Å². The lowest BCUT2D eigenvalue weighted by molar-refractivity contribution is 0.627. The third kappa shape index (κ3) is 3.84. The normalized spacial score (nSPS) is 12.1. The van der Waals surface area contributed by atoms with Crippen molar-refractivity contribution in [2.45, 2.75) is 53.5 Å². The number of aromatic nitrogens is 2. The maximum absolute atomic E-state index is 4.67. The van der Waals surface area contributed by atoms with Crippen molar-refractivity contribution in [3.05, 3.63) is 23.2 Å². The molecule has 0 aliphatic rings. The van der Waals surface area contributed by atoms with E-state index in [9.17, 15) is 0 Å². The van der Waals surface area contributed by atoms with Gasteiger partial charge in [-0.15, -0.1) is 0 Å². The molecule has 0 amide bonds. The Labute approximate surface area is 104 Å². The molecule has 1 aromatic rings. The Bertz CT molecular complexity index is 414. The van der Waals surface area contributed by atoms with E-state index in [4.69, 9.17) is 0 Å². The van der Waals surface area contributed by atoms with Crippen LogP contribution in [0.3, 0.4) is 0 Å². The van der Waals surface area contributed by atoms with Gasteiger partial charge in [-0.25, -0.2) is 9.97 Å². The van der Waals surface area contributed by atoms with Gasteiger partial charge >= 0.3 is 0 Å². The molecule has 0 saturated carbocycles. The lowest BCUT2D eigenvalue weighted by atomic mass is 10.1. The monoisotopic (exact) mass is 233 g/mol. The van der Waals surface area contributed by atoms with Gasteiger partial charge in [0.05, 0.1) is 17.1 Å². The van der Waals surface area contributed by atoms with Crippen molar-refractivity contribution in [1.82, 2.24) is 9.97 Å². The molecule has 0 aliphatic carbocycles. The number of hydrogen-bond donors (Lipinski definition) is 1. The van der Waals surface area contributed by atoms with Crippen LogP contribution >= 0.6 is 0 Å². The van der Waals surface area contributed by atoms with E-state index in [-0.39, 0.29) is 5.54 Å². The molecule has 3 nitrogen and oxygen atoms in total. The maximum Gasteiger partial charge on any atom is 0.148 e. The highest BCUT2D eigenvalue weighted by Gasteiger charge is 2.14. The van der Waals surface area contributed by atoms with Crippen LogP contribution < -0.4 is 5.32 Å². The van der Waals surface area contributed by atoms with Crippen LogP contribution in [-0.4, -0.2) is 15.5 Å². The van der Waals surface area contributed by atoms with Crippen LogP contribution in [-0.2, 0) is 6.42 Å². The zero-order valence-corrected chi connectivity index (χ0v) is 11.8. The van der Waals surface area contributed by atoms with Crippen molar-refractivity contribution in [2.75, 3.05) is 5.32 Å². The van der Waals surface area contributed by atoms with Crippen LogP contribution in [0.25, 0.3) is 6.08 Å². The molecule has 0 unspecified atom stereocenters. The average molecular weight is 233 g/mol. The number of anilines is 1. The largest absolute Gasteiger partial charge is 0.364 e. The van der Waals surface area contributed by atoms with E-state index < -0.39 is 0 Å². The first kappa shape index (κ1) is 13.7. The summed E-state index contributed by atoms with van der Waals surface area (Å²) in [5.74, 6) is 0.891. The fourth-order valence-corrected chi connectivity index (χ4v) is 1.60. The van der Waals surface area contributed by atoms with Crippen molar-refractivity contribution in [3.8, 4) is 0 Å². The van der Waals surface area contributed by atoms with Crippen molar-refractivity contribution < 1.29 is 0 Å². The molecule has 0 bridgehead atoms. The summed E-state index contributed by atoms with van der Waals surface area (Å²) in [6.07, 6.45) is 4.91. The van der Waals surface area contributed by atoms with Gasteiger partial charge < -0.3 is 5.32 Å². The van der Waals surface area contributed by atoms with E-state index >= 15 is 0 Å². The van der Waals surface area contributed by atoms with Crippen LogP contribution in [0.4, 0.5) is 5.82 Å². The Morgan fingerprint density at radius 3 is 2.35 bits per heavy atom. The van der Waals surface area contributed by atoms with Gasteiger partial charge in [0.1, 0.15) is 5.82 Å². The molecule has 0 radical (unpaired) electrons. The zero-order chi connectivity index (χ0) is 13.1. The van der Waals surface area contributed by atoms with E-state index in [0.29, 0.717) is 0 Å². The van der Waals surface area contributed by atoms with Crippen LogP contribution in [0.2, 0.25) is 0 Å². The predicted octanol–water partition coefficient (Wildman–Crippen LogP) is 3.59. The molecular weight excluding hydrogens is 210 g/mol. The zero-order valence-electron chi connectivity index (χ0n) is 11.8. The van der Waals surface area contributed by atoms with E-state index in [1.54, 1.807) is 0 Å². The van der Waals surface area contributed by atoms with Gasteiger partial charge in [-0.05, 0) is 47.1 Å². The van der Waals surface area contributed by atoms with Gasteiger partial charge in [0.2, 0.25) is 0 Å². The van der Waals surface area contributed by atoms with Crippen LogP contribution in [0.1, 0.15) is 51.7 Å². The molecule has 0 spiro atoms. The third-order valence-corrected chi connectivity index (χ3v) is 2.33. The second-order valence-corrected chi connectivity index (χ2v) is 5.22. The quantitative estimate of drug-likeness (QED) is 0.867. The molecule has 1 N–H and O–H groups in total. The summed E-state index contributed by atoms with van der Waals surface area (Å²) in [5, 5.41) is 3.40. The highest BCUT2D eigenvalue weighted by Crippen LogP contribution is 2.18. The van der Waals surface area contributed by atoms with Gasteiger partial charge in [0.15, 0.2) is 0 Å². The Morgan fingerprint density at radius 1 is 1.24 bits per heavy atom. The highest BCUT2D eigenvalue weighted by atomic mass is 15.1. The standard InChI is InChI=1S/C14H23N3/c1-7-9-12-11(8-2)16-13(10(3)15-12)17-14(4,5)6/h7,9H,8H2,1-6H3,(H,16,17). The first-order chi connectivity index (χ1) is 7.87. The lowest BCUT2D eigenvalue weighted by Gasteiger charge is -2.23. The number of rotatable bonds is 3. The van der Waals surface area contributed by atoms with E-state index in [1.165, 1.54) is 0 Å². The molecule has 0 saturated heterocycles. The average Bonchev–Trinajstić information content (AvgIpc) is 2.20. The summed E-state index contributed by atoms with van der Waals surface area (Å²) in [6, 6.07) is 0. The number of nitrogens with zero attached hydrogens (tertiary/aromatic N) is 2. The first-order valence-corrected chi connectivity index (χ1v) is 6.15. The predicted molar refractivity (Wildman–Crippen MR) is 74.2 cm³/mol. The Balaban J connectivity index is 3.18. The summed E-state index contributed by atoms with van der Waals surface area (Å²) in [6.45, 7) is 12.5. The second kappa shape index (κ2) is 5.30. The van der Waals surface area contributed by atoms with Gasteiger partial charge in [0.25, 0.3) is 0 Å². The van der Waals surface area contributed by atoms with Crippen LogP contribution in [0, 0.1) is 6.92 Å². The Kier molecular flexibility index (Phi) is 4.27. The smallest absolute Gasteiger partial charge is 0.148 e. The summed E-state index contributed by atoms with van der Waals surface area (Å²) in [4.78, 5) is 9.28. The first-order valence-electron chi connectivity index (χ1n) is 6.15. The Hall–Kier alpha value is -1.38. The minimum atomic E-state index is 0.00651. The number of hydrogen-bond acceptors (Lipinski definition) is 3. The SMILES string of the molecule is CC=Cc1nc(C)c(NC(C)(C)C)nc1CC. The van der Waals surface area contributed by atoms with Gasteiger partial charge in [-0.2, -0.15) is 0 Å². The van der Waals surface area contributed by atoms with Crippen molar-refractivity contribution >= 4 is 11.9 Å². The summed E-state index contributed by atoms with van der Waals surface area (Å²) in [5.41, 5.74) is 2.98. The summed E-state index contributed by atoms with van der Waals surface area (Å²) < 4.78 is 0. The van der Waals surface area contributed by atoms with Crippen molar-refractivity contribution in [3.63, 3.8) is 0 Å². The molecular formula is C14H23N3. The van der Waals surface area contributed by atoms with Gasteiger partial charge in [-0.1, -0.05) is 13.0 Å². The fraction of sp³-hybridized carbons (Fsp3) is 0.571. The minimum Gasteiger partial charge on any atom is -0.364 e. The highest BCUT2D eigenvalue weighted by molar-refractivity contribution is 5.52. The second-order valence-electron chi connectivity index (χ2n) is 5.22.